The largest absolute Gasteiger partial charge is 0.353 e. The molecule has 3 aromatic heterocycles. The lowest BCUT2D eigenvalue weighted by atomic mass is 10.1. The number of fused-ring (bicyclic) bond motifs is 10. The van der Waals surface area contributed by atoms with Crippen LogP contribution in [0.4, 0.5) is 0 Å². The van der Waals surface area contributed by atoms with Gasteiger partial charge in [-0.05, 0) is 18.2 Å². The van der Waals surface area contributed by atoms with Crippen LogP contribution in [-0.4, -0.2) is 14.4 Å². The normalized spacial score (nSPS) is 12.2. The minimum atomic E-state index is 1.02. The molecule has 0 unspecified atom stereocenters. The third kappa shape index (κ3) is 1.35. The average Bonchev–Trinajstić information content (AvgIpc) is 3.20. The summed E-state index contributed by atoms with van der Waals surface area (Å²) in [5.41, 5.74) is 6.72. The summed E-state index contributed by atoms with van der Waals surface area (Å²) in [5.74, 6) is 0. The molecule has 3 aromatic carbocycles. The highest BCUT2D eigenvalue weighted by Crippen LogP contribution is 2.35. The Labute approximate surface area is 137 Å². The molecule has 0 spiro atoms. The van der Waals surface area contributed by atoms with Crippen molar-refractivity contribution in [3.05, 3.63) is 72.8 Å². The van der Waals surface area contributed by atoms with E-state index in [9.17, 15) is 0 Å². The van der Waals surface area contributed by atoms with Gasteiger partial charge in [0.05, 0.1) is 22.1 Å². The molecule has 0 saturated heterocycles. The van der Waals surface area contributed by atoms with Crippen LogP contribution >= 0.6 is 0 Å². The molecule has 0 aliphatic rings. The van der Waals surface area contributed by atoms with Gasteiger partial charge in [-0.1, -0.05) is 54.6 Å². The Morgan fingerprint density at radius 2 is 1.42 bits per heavy atom. The van der Waals surface area contributed by atoms with Crippen LogP contribution in [0.25, 0.3) is 49.4 Å². The van der Waals surface area contributed by atoms with Crippen LogP contribution in [0.15, 0.2) is 72.8 Å². The number of para-hydroxylation sites is 3. The molecule has 0 amide bonds. The first-order valence-corrected chi connectivity index (χ1v) is 8.10. The second kappa shape index (κ2) is 4.15. The van der Waals surface area contributed by atoms with E-state index < -0.39 is 0 Å². The maximum Gasteiger partial charge on any atom is 0.146 e. The van der Waals surface area contributed by atoms with Crippen LogP contribution < -0.4 is 0 Å². The van der Waals surface area contributed by atoms with E-state index in [1.165, 1.54) is 27.2 Å². The Morgan fingerprint density at radius 1 is 0.708 bits per heavy atom. The van der Waals surface area contributed by atoms with Crippen molar-refractivity contribution in [2.75, 3.05) is 0 Å². The number of nitrogens with one attached hydrogen (secondary N) is 1. The van der Waals surface area contributed by atoms with Crippen molar-refractivity contribution < 1.29 is 0 Å². The van der Waals surface area contributed by atoms with Crippen molar-refractivity contribution in [2.45, 2.75) is 0 Å². The van der Waals surface area contributed by atoms with Crippen molar-refractivity contribution >= 4 is 49.4 Å². The summed E-state index contributed by atoms with van der Waals surface area (Å²) in [7, 11) is 0. The average molecular weight is 307 g/mol. The predicted octanol–water partition coefficient (Wildman–Crippen LogP) is 5.28. The molecule has 6 aromatic rings. The summed E-state index contributed by atoms with van der Waals surface area (Å²) in [6.07, 6.45) is 0. The molecule has 0 aliphatic carbocycles. The quantitative estimate of drug-likeness (QED) is 0.407. The third-order valence-corrected chi connectivity index (χ3v) is 4.90. The summed E-state index contributed by atoms with van der Waals surface area (Å²) in [6.45, 7) is 0. The van der Waals surface area contributed by atoms with E-state index in [1.807, 2.05) is 6.07 Å². The van der Waals surface area contributed by atoms with E-state index in [-0.39, 0.29) is 0 Å². The maximum atomic E-state index is 4.93. The summed E-state index contributed by atoms with van der Waals surface area (Å²) >= 11 is 0. The third-order valence-electron chi connectivity index (χ3n) is 4.90. The highest BCUT2D eigenvalue weighted by molar-refractivity contribution is 6.20. The lowest BCUT2D eigenvalue weighted by Crippen LogP contribution is -1.89. The molecule has 3 heteroatoms. The number of hydrogen-bond donors (Lipinski definition) is 1. The predicted molar refractivity (Wildman–Crippen MR) is 99.6 cm³/mol. The molecule has 3 heterocycles. The number of imidazole rings is 1. The molecule has 24 heavy (non-hydrogen) atoms. The first kappa shape index (κ1) is 12.1. The molecule has 3 nitrogen and oxygen atoms in total. The van der Waals surface area contributed by atoms with E-state index >= 15 is 0 Å². The van der Waals surface area contributed by atoms with Gasteiger partial charge in [0.25, 0.3) is 0 Å². The van der Waals surface area contributed by atoms with Gasteiger partial charge in [-0.25, -0.2) is 4.98 Å². The lowest BCUT2D eigenvalue weighted by molar-refractivity contribution is 1.32. The standard InChI is InChI=1S/C21H13N3/c1-2-8-14-13(7-1)19-20(15-9-3-4-10-16(15)22-19)24-18-12-6-5-11-17(18)23-21(14)24/h1-12,22H. The second-order valence-electron chi connectivity index (χ2n) is 6.20. The Bertz CT molecular complexity index is 1290. The molecule has 1 N–H and O–H groups in total. The number of aromatic amines is 1. The molecule has 0 saturated carbocycles. The first-order valence-electron chi connectivity index (χ1n) is 8.10. The molecular weight excluding hydrogens is 294 g/mol. The zero-order valence-corrected chi connectivity index (χ0v) is 12.8. The molecule has 0 aliphatic heterocycles. The van der Waals surface area contributed by atoms with Gasteiger partial charge < -0.3 is 4.98 Å². The molecule has 0 fully saturated rings. The maximum absolute atomic E-state index is 4.93. The van der Waals surface area contributed by atoms with Gasteiger partial charge in [-0.3, -0.25) is 4.40 Å². The topological polar surface area (TPSA) is 33.1 Å². The highest BCUT2D eigenvalue weighted by atomic mass is 15.0. The number of nitrogens with zero attached hydrogens (tertiary/aromatic N) is 2. The molecule has 112 valence electrons. The van der Waals surface area contributed by atoms with E-state index in [2.05, 4.69) is 76.1 Å². The zero-order valence-electron chi connectivity index (χ0n) is 12.8. The Hall–Kier alpha value is -3.33. The Kier molecular flexibility index (Phi) is 2.10. The second-order valence-corrected chi connectivity index (χ2v) is 6.20. The number of aromatic nitrogens is 3. The van der Waals surface area contributed by atoms with Gasteiger partial charge in [0, 0.05) is 21.7 Å². The van der Waals surface area contributed by atoms with Crippen molar-refractivity contribution in [2.24, 2.45) is 0 Å². The number of pyridine rings is 1. The van der Waals surface area contributed by atoms with Crippen molar-refractivity contribution in [3.8, 4) is 0 Å². The Morgan fingerprint density at radius 3 is 2.33 bits per heavy atom. The van der Waals surface area contributed by atoms with Gasteiger partial charge in [-0.15, -0.1) is 0 Å². The van der Waals surface area contributed by atoms with E-state index in [4.69, 9.17) is 4.98 Å². The molecule has 0 bridgehead atoms. The fourth-order valence-electron chi connectivity index (χ4n) is 3.88. The molecule has 6 rings (SSSR count). The lowest BCUT2D eigenvalue weighted by Gasteiger charge is -2.05. The minimum absolute atomic E-state index is 1.02. The van der Waals surface area contributed by atoms with Crippen LogP contribution in [0, 0.1) is 0 Å². The van der Waals surface area contributed by atoms with Crippen LogP contribution in [0.2, 0.25) is 0 Å². The summed E-state index contributed by atoms with van der Waals surface area (Å²) in [6, 6.07) is 25.3. The zero-order chi connectivity index (χ0) is 15.7. The molecular formula is C21H13N3. The summed E-state index contributed by atoms with van der Waals surface area (Å²) < 4.78 is 2.30. The van der Waals surface area contributed by atoms with E-state index in [0.29, 0.717) is 0 Å². The van der Waals surface area contributed by atoms with E-state index in [1.54, 1.807) is 0 Å². The SMILES string of the molecule is c1ccc2c(c1)nc1c3ccccc3c3[nH]c4ccccc4c3n21. The van der Waals surface area contributed by atoms with Crippen molar-refractivity contribution in [1.82, 2.24) is 14.4 Å². The van der Waals surface area contributed by atoms with Crippen LogP contribution in [0.1, 0.15) is 0 Å². The van der Waals surface area contributed by atoms with Crippen LogP contribution in [0.5, 0.6) is 0 Å². The van der Waals surface area contributed by atoms with Gasteiger partial charge in [0.15, 0.2) is 0 Å². The van der Waals surface area contributed by atoms with Gasteiger partial charge in [0.2, 0.25) is 0 Å². The summed E-state index contributed by atoms with van der Waals surface area (Å²) in [4.78, 5) is 8.55. The highest BCUT2D eigenvalue weighted by Gasteiger charge is 2.16. The first-order chi connectivity index (χ1) is 11.9. The minimum Gasteiger partial charge on any atom is -0.353 e. The fourth-order valence-corrected chi connectivity index (χ4v) is 3.88. The number of rotatable bonds is 0. The van der Waals surface area contributed by atoms with Crippen molar-refractivity contribution in [1.29, 1.82) is 0 Å². The van der Waals surface area contributed by atoms with Crippen molar-refractivity contribution in [3.63, 3.8) is 0 Å². The van der Waals surface area contributed by atoms with Gasteiger partial charge in [-0.2, -0.15) is 0 Å². The van der Waals surface area contributed by atoms with Crippen LogP contribution in [0.3, 0.4) is 0 Å². The van der Waals surface area contributed by atoms with Gasteiger partial charge in [0.1, 0.15) is 5.65 Å². The smallest absolute Gasteiger partial charge is 0.146 e. The number of hydrogen-bond acceptors (Lipinski definition) is 1. The molecule has 0 radical (unpaired) electrons. The summed E-state index contributed by atoms with van der Waals surface area (Å²) in [5, 5.41) is 3.62. The molecule has 0 atom stereocenters. The van der Waals surface area contributed by atoms with Crippen LogP contribution in [-0.2, 0) is 0 Å². The van der Waals surface area contributed by atoms with Gasteiger partial charge >= 0.3 is 0 Å². The fraction of sp³-hybridized carbons (Fsp3) is 0. The Balaban J connectivity index is 2.10. The monoisotopic (exact) mass is 307 g/mol. The van der Waals surface area contributed by atoms with E-state index in [0.717, 1.165) is 22.2 Å². The number of H-pyrrole nitrogens is 1. The number of benzene rings is 3.